The SMILES string of the molecule is Nc1cccc(CN(CCO)C2CCC2)c1. The summed E-state index contributed by atoms with van der Waals surface area (Å²) in [5.74, 6) is 0. The smallest absolute Gasteiger partial charge is 0.0558 e. The summed E-state index contributed by atoms with van der Waals surface area (Å²) in [6, 6.07) is 8.67. The van der Waals surface area contributed by atoms with Crippen molar-refractivity contribution in [1.82, 2.24) is 4.90 Å². The van der Waals surface area contributed by atoms with Crippen LogP contribution in [0.1, 0.15) is 24.8 Å². The Bertz CT molecular complexity index is 336. The molecule has 1 aromatic carbocycles. The van der Waals surface area contributed by atoms with Gasteiger partial charge in [0.25, 0.3) is 0 Å². The van der Waals surface area contributed by atoms with Gasteiger partial charge in [-0.2, -0.15) is 0 Å². The molecule has 0 bridgehead atoms. The van der Waals surface area contributed by atoms with E-state index in [9.17, 15) is 0 Å². The number of nitrogens with zero attached hydrogens (tertiary/aromatic N) is 1. The zero-order chi connectivity index (χ0) is 11.4. The van der Waals surface area contributed by atoms with E-state index in [4.69, 9.17) is 10.8 Å². The van der Waals surface area contributed by atoms with Crippen molar-refractivity contribution in [3.05, 3.63) is 29.8 Å². The van der Waals surface area contributed by atoms with E-state index >= 15 is 0 Å². The third-order valence-electron chi connectivity index (χ3n) is 3.32. The molecule has 1 aromatic rings. The average Bonchev–Trinajstić information content (AvgIpc) is 2.15. The summed E-state index contributed by atoms with van der Waals surface area (Å²) < 4.78 is 0. The molecule has 16 heavy (non-hydrogen) atoms. The van der Waals surface area contributed by atoms with Crippen LogP contribution in [0, 0.1) is 0 Å². The van der Waals surface area contributed by atoms with Crippen LogP contribution in [-0.2, 0) is 6.54 Å². The summed E-state index contributed by atoms with van der Waals surface area (Å²) in [7, 11) is 0. The number of aliphatic hydroxyl groups excluding tert-OH is 1. The van der Waals surface area contributed by atoms with Crippen molar-refractivity contribution in [1.29, 1.82) is 0 Å². The van der Waals surface area contributed by atoms with Crippen LogP contribution >= 0.6 is 0 Å². The molecule has 1 aliphatic rings. The van der Waals surface area contributed by atoms with Gasteiger partial charge in [0.15, 0.2) is 0 Å². The number of nitrogen functional groups attached to an aromatic ring is 1. The Hall–Kier alpha value is -1.06. The minimum absolute atomic E-state index is 0.235. The van der Waals surface area contributed by atoms with Crippen LogP contribution in [-0.4, -0.2) is 29.2 Å². The van der Waals surface area contributed by atoms with Gasteiger partial charge in [-0.3, -0.25) is 4.90 Å². The van der Waals surface area contributed by atoms with Crippen LogP contribution in [0.25, 0.3) is 0 Å². The lowest BCUT2D eigenvalue weighted by atomic mass is 9.91. The van der Waals surface area contributed by atoms with E-state index in [-0.39, 0.29) is 6.61 Å². The van der Waals surface area contributed by atoms with E-state index < -0.39 is 0 Å². The van der Waals surface area contributed by atoms with E-state index in [1.54, 1.807) is 0 Å². The molecular formula is C13H20N2O. The maximum Gasteiger partial charge on any atom is 0.0558 e. The predicted molar refractivity (Wildman–Crippen MR) is 66.0 cm³/mol. The van der Waals surface area contributed by atoms with Crippen LogP contribution in [0.4, 0.5) is 5.69 Å². The highest BCUT2D eigenvalue weighted by atomic mass is 16.3. The molecule has 0 saturated heterocycles. The second kappa shape index (κ2) is 5.32. The first-order valence-electron chi connectivity index (χ1n) is 5.99. The molecule has 1 fully saturated rings. The maximum absolute atomic E-state index is 9.07. The van der Waals surface area contributed by atoms with Gasteiger partial charge in [0.05, 0.1) is 6.61 Å². The molecule has 0 unspecified atom stereocenters. The fraction of sp³-hybridized carbons (Fsp3) is 0.538. The number of anilines is 1. The maximum atomic E-state index is 9.07. The van der Waals surface area contributed by atoms with E-state index in [1.165, 1.54) is 24.8 Å². The van der Waals surface area contributed by atoms with Gasteiger partial charge < -0.3 is 10.8 Å². The van der Waals surface area contributed by atoms with Gasteiger partial charge in [0, 0.05) is 24.8 Å². The molecule has 1 aliphatic carbocycles. The topological polar surface area (TPSA) is 49.5 Å². The number of nitrogens with two attached hydrogens (primary N) is 1. The van der Waals surface area contributed by atoms with Crippen molar-refractivity contribution < 1.29 is 5.11 Å². The van der Waals surface area contributed by atoms with Crippen LogP contribution in [0.2, 0.25) is 0 Å². The molecule has 0 amide bonds. The number of hydrogen-bond donors (Lipinski definition) is 2. The van der Waals surface area contributed by atoms with Crippen molar-refractivity contribution in [2.24, 2.45) is 0 Å². The summed E-state index contributed by atoms with van der Waals surface area (Å²) in [4.78, 5) is 2.36. The molecule has 0 spiro atoms. The highest BCUT2D eigenvalue weighted by molar-refractivity contribution is 5.40. The fourth-order valence-corrected chi connectivity index (χ4v) is 2.20. The number of rotatable bonds is 5. The Labute approximate surface area is 96.9 Å². The van der Waals surface area contributed by atoms with Gasteiger partial charge in [-0.05, 0) is 30.5 Å². The highest BCUT2D eigenvalue weighted by Crippen LogP contribution is 2.26. The summed E-state index contributed by atoms with van der Waals surface area (Å²) in [6.45, 7) is 1.90. The molecule has 1 saturated carbocycles. The van der Waals surface area contributed by atoms with Crippen LogP contribution in [0.3, 0.4) is 0 Å². The molecule has 0 aliphatic heterocycles. The van der Waals surface area contributed by atoms with Crippen molar-refractivity contribution in [3.63, 3.8) is 0 Å². The summed E-state index contributed by atoms with van der Waals surface area (Å²) >= 11 is 0. The summed E-state index contributed by atoms with van der Waals surface area (Å²) in [6.07, 6.45) is 3.86. The first-order chi connectivity index (χ1) is 7.79. The minimum Gasteiger partial charge on any atom is -0.399 e. The summed E-state index contributed by atoms with van der Waals surface area (Å²) in [5.41, 5.74) is 7.81. The second-order valence-electron chi connectivity index (χ2n) is 4.52. The highest BCUT2D eigenvalue weighted by Gasteiger charge is 2.24. The number of hydrogen-bond acceptors (Lipinski definition) is 3. The van der Waals surface area contributed by atoms with Crippen molar-refractivity contribution in [3.8, 4) is 0 Å². The lowest BCUT2D eigenvalue weighted by molar-refractivity contribution is 0.0946. The van der Waals surface area contributed by atoms with Crippen LogP contribution < -0.4 is 5.73 Å². The van der Waals surface area contributed by atoms with E-state index in [1.807, 2.05) is 18.2 Å². The third-order valence-corrected chi connectivity index (χ3v) is 3.32. The molecule has 0 aromatic heterocycles. The van der Waals surface area contributed by atoms with E-state index in [0.29, 0.717) is 6.04 Å². The molecule has 3 heteroatoms. The second-order valence-corrected chi connectivity index (χ2v) is 4.52. The van der Waals surface area contributed by atoms with Gasteiger partial charge in [-0.25, -0.2) is 0 Å². The zero-order valence-corrected chi connectivity index (χ0v) is 9.60. The normalized spacial score (nSPS) is 16.4. The standard InChI is InChI=1S/C13H20N2O/c14-12-4-1-3-11(9-12)10-15(7-8-16)13-5-2-6-13/h1,3-4,9,13,16H,2,5-8,10,14H2. The molecule has 88 valence electrons. The van der Waals surface area contributed by atoms with Gasteiger partial charge in [0.1, 0.15) is 0 Å². The number of benzene rings is 1. The van der Waals surface area contributed by atoms with Crippen molar-refractivity contribution >= 4 is 5.69 Å². The Balaban J connectivity index is 1.98. The molecular weight excluding hydrogens is 200 g/mol. The van der Waals surface area contributed by atoms with E-state index in [0.717, 1.165) is 18.8 Å². The lowest BCUT2D eigenvalue weighted by Crippen LogP contribution is -2.41. The van der Waals surface area contributed by atoms with Crippen molar-refractivity contribution in [2.75, 3.05) is 18.9 Å². The third kappa shape index (κ3) is 2.74. The Morgan fingerprint density at radius 2 is 2.19 bits per heavy atom. The van der Waals surface area contributed by atoms with Gasteiger partial charge >= 0.3 is 0 Å². The molecule has 0 radical (unpaired) electrons. The van der Waals surface area contributed by atoms with Crippen LogP contribution in [0.15, 0.2) is 24.3 Å². The molecule has 0 heterocycles. The summed E-state index contributed by atoms with van der Waals surface area (Å²) in [5, 5.41) is 9.07. The van der Waals surface area contributed by atoms with Crippen molar-refractivity contribution in [2.45, 2.75) is 31.8 Å². The molecule has 3 N–H and O–H groups in total. The molecule has 3 nitrogen and oxygen atoms in total. The largest absolute Gasteiger partial charge is 0.399 e. The van der Waals surface area contributed by atoms with Gasteiger partial charge in [-0.1, -0.05) is 18.6 Å². The first kappa shape index (κ1) is 11.4. The van der Waals surface area contributed by atoms with E-state index in [2.05, 4.69) is 11.0 Å². The Morgan fingerprint density at radius 3 is 2.75 bits per heavy atom. The lowest BCUT2D eigenvalue weighted by Gasteiger charge is -2.37. The quantitative estimate of drug-likeness (QED) is 0.741. The van der Waals surface area contributed by atoms with Gasteiger partial charge in [-0.15, -0.1) is 0 Å². The Morgan fingerprint density at radius 1 is 1.38 bits per heavy atom. The van der Waals surface area contributed by atoms with Gasteiger partial charge in [0.2, 0.25) is 0 Å². The fourth-order valence-electron chi connectivity index (χ4n) is 2.20. The molecule has 0 atom stereocenters. The monoisotopic (exact) mass is 220 g/mol. The first-order valence-corrected chi connectivity index (χ1v) is 5.99. The minimum atomic E-state index is 0.235. The zero-order valence-electron chi connectivity index (χ0n) is 9.60. The number of aliphatic hydroxyl groups is 1. The average molecular weight is 220 g/mol. The van der Waals surface area contributed by atoms with Crippen LogP contribution in [0.5, 0.6) is 0 Å². The molecule has 2 rings (SSSR count). The Kier molecular flexibility index (Phi) is 3.80. The predicted octanol–water partition coefficient (Wildman–Crippen LogP) is 1.62.